The van der Waals surface area contributed by atoms with Crippen molar-refractivity contribution >= 4 is 11.7 Å². The van der Waals surface area contributed by atoms with E-state index in [2.05, 4.69) is 16.0 Å². The zero-order valence-corrected chi connectivity index (χ0v) is 22.0. The summed E-state index contributed by atoms with van der Waals surface area (Å²) in [5.41, 5.74) is 5.43. The molecule has 2 amide bonds. The lowest BCUT2D eigenvalue weighted by Gasteiger charge is -2.31. The molecule has 1 N–H and O–H groups in total. The number of carbonyl (C=O) groups is 1. The van der Waals surface area contributed by atoms with E-state index in [0.29, 0.717) is 12.2 Å². The zero-order valence-electron chi connectivity index (χ0n) is 22.0. The molecule has 0 fully saturated rings. The number of carbonyl (C=O) groups excluding carboxylic acids is 1. The van der Waals surface area contributed by atoms with E-state index in [-0.39, 0.29) is 12.1 Å². The second kappa shape index (κ2) is 10.1. The highest BCUT2D eigenvalue weighted by Crippen LogP contribution is 2.39. The summed E-state index contributed by atoms with van der Waals surface area (Å²) in [4.78, 5) is 15.9. The summed E-state index contributed by atoms with van der Waals surface area (Å²) < 4.78 is 14.8. The molecule has 3 heterocycles. The first-order valence-corrected chi connectivity index (χ1v) is 12.7. The molecule has 0 saturated carbocycles. The predicted octanol–water partition coefficient (Wildman–Crippen LogP) is 6.13. The molecule has 0 saturated heterocycles. The van der Waals surface area contributed by atoms with Crippen molar-refractivity contribution < 1.29 is 14.3 Å². The molecule has 3 aromatic carbocycles. The van der Waals surface area contributed by atoms with E-state index < -0.39 is 0 Å². The number of aromatic nitrogens is 3. The number of methoxy groups -OCH3 is 2. The van der Waals surface area contributed by atoms with Crippen molar-refractivity contribution in [2.24, 2.45) is 0 Å². The Morgan fingerprint density at radius 2 is 1.54 bits per heavy atom. The van der Waals surface area contributed by atoms with Crippen LogP contribution in [0.1, 0.15) is 28.6 Å². The fourth-order valence-electron chi connectivity index (χ4n) is 5.16. The highest BCUT2D eigenvalue weighted by molar-refractivity contribution is 5.90. The highest BCUT2D eigenvalue weighted by atomic mass is 16.5. The van der Waals surface area contributed by atoms with Crippen molar-refractivity contribution in [2.75, 3.05) is 19.5 Å². The van der Waals surface area contributed by atoms with Gasteiger partial charge in [0.15, 0.2) is 0 Å². The van der Waals surface area contributed by atoms with Gasteiger partial charge in [0.25, 0.3) is 0 Å². The summed E-state index contributed by atoms with van der Waals surface area (Å²) in [6, 6.07) is 28.8. The number of hydrogen-bond acceptors (Lipinski definition) is 4. The average molecular weight is 520 g/mol. The number of para-hydroxylation sites is 1. The number of anilines is 1. The molecule has 8 nitrogen and oxygen atoms in total. The smallest absolute Gasteiger partial charge is 0.322 e. The molecule has 196 valence electrons. The van der Waals surface area contributed by atoms with Gasteiger partial charge in [0.1, 0.15) is 17.3 Å². The molecule has 1 atom stereocenters. The van der Waals surface area contributed by atoms with Crippen LogP contribution in [0.3, 0.4) is 0 Å². The summed E-state index contributed by atoms with van der Waals surface area (Å²) in [6.45, 7) is 2.36. The Bertz CT molecular complexity index is 1600. The normalized spacial score (nSPS) is 14.2. The molecule has 1 aliphatic heterocycles. The third-order valence-corrected chi connectivity index (χ3v) is 7.12. The van der Waals surface area contributed by atoms with Gasteiger partial charge < -0.3 is 24.3 Å². The average Bonchev–Trinajstić information content (AvgIpc) is 3.54. The van der Waals surface area contributed by atoms with Crippen molar-refractivity contribution in [2.45, 2.75) is 19.5 Å². The second-order valence-electron chi connectivity index (χ2n) is 9.40. The van der Waals surface area contributed by atoms with Gasteiger partial charge in [0.2, 0.25) is 0 Å². The standard InChI is InChI=1S/C31H29N5O3/c1-21-27-20-35(31(37)32-23-13-17-26(39-3)18-14-23)29(22-11-15-25(38-2)16-12-22)28-10-7-19-34(28)30(27)36(33-21)24-8-5-4-6-9-24/h4-19,29H,20H2,1-3H3,(H,32,37)/t29-/m1/s1. The van der Waals surface area contributed by atoms with Crippen LogP contribution < -0.4 is 14.8 Å². The summed E-state index contributed by atoms with van der Waals surface area (Å²) >= 11 is 0. The highest BCUT2D eigenvalue weighted by Gasteiger charge is 2.36. The Balaban J connectivity index is 1.50. The predicted molar refractivity (Wildman–Crippen MR) is 150 cm³/mol. The maximum Gasteiger partial charge on any atom is 0.322 e. The van der Waals surface area contributed by atoms with Crippen LogP contribution in [0.5, 0.6) is 11.5 Å². The molecule has 6 rings (SSSR count). The third-order valence-electron chi connectivity index (χ3n) is 7.12. The number of nitrogens with one attached hydrogen (secondary N) is 1. The molecule has 8 heteroatoms. The number of nitrogens with zero attached hydrogens (tertiary/aromatic N) is 4. The SMILES string of the molecule is COc1ccc(NC(=O)N2Cc3c(C)nn(-c4ccccc4)c3-n3cccc3[C@H]2c2ccc(OC)cc2)cc1. The monoisotopic (exact) mass is 519 g/mol. The van der Waals surface area contributed by atoms with Gasteiger partial charge in [-0.05, 0) is 73.2 Å². The van der Waals surface area contributed by atoms with Crippen LogP contribution in [0.4, 0.5) is 10.5 Å². The lowest BCUT2D eigenvalue weighted by Crippen LogP contribution is -2.38. The number of amides is 2. The largest absolute Gasteiger partial charge is 0.497 e. The first-order chi connectivity index (χ1) is 19.1. The van der Waals surface area contributed by atoms with Gasteiger partial charge >= 0.3 is 6.03 Å². The van der Waals surface area contributed by atoms with Crippen LogP contribution in [0.25, 0.3) is 11.5 Å². The van der Waals surface area contributed by atoms with E-state index in [0.717, 1.165) is 45.5 Å². The molecular formula is C31H29N5O3. The van der Waals surface area contributed by atoms with Crippen molar-refractivity contribution in [3.63, 3.8) is 0 Å². The maximum absolute atomic E-state index is 14.0. The Hall–Kier alpha value is -4.98. The molecule has 0 unspecified atom stereocenters. The van der Waals surface area contributed by atoms with Crippen LogP contribution in [0.2, 0.25) is 0 Å². The summed E-state index contributed by atoms with van der Waals surface area (Å²) in [7, 11) is 3.27. The van der Waals surface area contributed by atoms with Crippen LogP contribution in [0, 0.1) is 6.92 Å². The van der Waals surface area contributed by atoms with Crippen molar-refractivity contribution in [1.29, 1.82) is 0 Å². The number of benzene rings is 3. The fourth-order valence-corrected chi connectivity index (χ4v) is 5.16. The number of hydrogen-bond donors (Lipinski definition) is 1. The number of aryl methyl sites for hydroxylation is 1. The van der Waals surface area contributed by atoms with Gasteiger partial charge in [-0.25, -0.2) is 9.48 Å². The van der Waals surface area contributed by atoms with Crippen molar-refractivity contribution in [3.05, 3.63) is 120 Å². The molecular weight excluding hydrogens is 490 g/mol. The lowest BCUT2D eigenvalue weighted by molar-refractivity contribution is 0.194. The van der Waals surface area contributed by atoms with Crippen LogP contribution >= 0.6 is 0 Å². The van der Waals surface area contributed by atoms with Crippen LogP contribution in [-0.4, -0.2) is 39.5 Å². The Labute approximate surface area is 227 Å². The van der Waals surface area contributed by atoms with Gasteiger partial charge in [-0.2, -0.15) is 5.10 Å². The van der Waals surface area contributed by atoms with E-state index in [1.54, 1.807) is 14.2 Å². The fraction of sp³-hybridized carbons (Fsp3) is 0.161. The molecule has 0 bridgehead atoms. The Morgan fingerprint density at radius 3 is 2.21 bits per heavy atom. The van der Waals surface area contributed by atoms with Gasteiger partial charge in [-0.3, -0.25) is 0 Å². The van der Waals surface area contributed by atoms with Crippen molar-refractivity contribution in [3.8, 4) is 23.0 Å². The minimum absolute atomic E-state index is 0.214. The van der Waals surface area contributed by atoms with Crippen molar-refractivity contribution in [1.82, 2.24) is 19.2 Å². The first kappa shape index (κ1) is 24.4. The van der Waals surface area contributed by atoms with Crippen LogP contribution in [0.15, 0.2) is 97.2 Å². The third kappa shape index (κ3) is 4.40. The topological polar surface area (TPSA) is 73.5 Å². The number of urea groups is 1. The summed E-state index contributed by atoms with van der Waals surface area (Å²) in [5, 5.41) is 8.00. The minimum atomic E-state index is -0.361. The van der Waals surface area contributed by atoms with Gasteiger partial charge in [0.05, 0.1) is 43.9 Å². The maximum atomic E-state index is 14.0. The van der Waals surface area contributed by atoms with E-state index >= 15 is 0 Å². The van der Waals surface area contributed by atoms with Gasteiger partial charge in [-0.1, -0.05) is 30.3 Å². The van der Waals surface area contributed by atoms with E-state index in [4.69, 9.17) is 14.6 Å². The number of fused-ring (bicyclic) bond motifs is 3. The second-order valence-corrected chi connectivity index (χ2v) is 9.40. The molecule has 0 radical (unpaired) electrons. The van der Waals surface area contributed by atoms with E-state index in [9.17, 15) is 4.79 Å². The Kier molecular flexibility index (Phi) is 6.28. The molecule has 2 aromatic heterocycles. The van der Waals surface area contributed by atoms with E-state index in [1.165, 1.54) is 0 Å². The quantitative estimate of drug-likeness (QED) is 0.303. The minimum Gasteiger partial charge on any atom is -0.497 e. The van der Waals surface area contributed by atoms with Crippen LogP contribution in [-0.2, 0) is 6.54 Å². The molecule has 5 aromatic rings. The summed E-state index contributed by atoms with van der Waals surface area (Å²) in [5.74, 6) is 2.41. The van der Waals surface area contributed by atoms with Gasteiger partial charge in [0, 0.05) is 17.4 Å². The zero-order chi connectivity index (χ0) is 26.9. The first-order valence-electron chi connectivity index (χ1n) is 12.7. The molecule has 0 spiro atoms. The van der Waals surface area contributed by atoms with Gasteiger partial charge in [-0.15, -0.1) is 0 Å². The summed E-state index contributed by atoms with van der Waals surface area (Å²) in [6.07, 6.45) is 2.04. The molecule has 0 aliphatic carbocycles. The molecule has 1 aliphatic rings. The Morgan fingerprint density at radius 1 is 0.872 bits per heavy atom. The number of rotatable bonds is 5. The molecule has 39 heavy (non-hydrogen) atoms. The lowest BCUT2D eigenvalue weighted by atomic mass is 10.0. The van der Waals surface area contributed by atoms with E-state index in [1.807, 2.05) is 108 Å². The number of ether oxygens (including phenoxy) is 2.